The topological polar surface area (TPSA) is 47.5 Å². The predicted octanol–water partition coefficient (Wildman–Crippen LogP) is 1.44. The molecule has 0 amide bonds. The van der Waals surface area contributed by atoms with Crippen molar-refractivity contribution in [3.63, 3.8) is 0 Å². The summed E-state index contributed by atoms with van der Waals surface area (Å²) in [6, 6.07) is 0. The Morgan fingerprint density at radius 2 is 2.16 bits per heavy atom. The van der Waals surface area contributed by atoms with E-state index in [-0.39, 0.29) is 6.10 Å². The zero-order chi connectivity index (χ0) is 13.5. The first kappa shape index (κ1) is 14.7. The first-order chi connectivity index (χ1) is 9.28. The Bertz CT molecular complexity index is 369. The number of thioether (sulfide) groups is 1. The van der Waals surface area contributed by atoms with Gasteiger partial charge >= 0.3 is 0 Å². The molecule has 0 unspecified atom stereocenters. The van der Waals surface area contributed by atoms with Gasteiger partial charge < -0.3 is 9.47 Å². The fourth-order valence-electron chi connectivity index (χ4n) is 1.99. The first-order valence-corrected chi connectivity index (χ1v) is 7.58. The number of hydrogen-bond donors (Lipinski definition) is 0. The van der Waals surface area contributed by atoms with Gasteiger partial charge in [-0.25, -0.2) is 9.97 Å². The average molecular weight is 283 g/mol. The lowest BCUT2D eigenvalue weighted by Gasteiger charge is -2.27. The molecular weight excluding hydrogens is 262 g/mol. The second-order valence-corrected chi connectivity index (χ2v) is 5.80. The van der Waals surface area contributed by atoms with Crippen LogP contribution in [-0.2, 0) is 16.0 Å². The molecule has 19 heavy (non-hydrogen) atoms. The van der Waals surface area contributed by atoms with Gasteiger partial charge in [0.15, 0.2) is 5.16 Å². The van der Waals surface area contributed by atoms with Gasteiger partial charge in [-0.05, 0) is 12.8 Å². The van der Waals surface area contributed by atoms with Crippen molar-refractivity contribution in [3.05, 3.63) is 18.0 Å². The molecule has 1 aliphatic heterocycles. The van der Waals surface area contributed by atoms with Crippen molar-refractivity contribution in [1.29, 1.82) is 0 Å². The van der Waals surface area contributed by atoms with Crippen LogP contribution in [0.4, 0.5) is 0 Å². The number of nitrogens with zero attached hydrogens (tertiary/aromatic N) is 3. The fourth-order valence-corrected chi connectivity index (χ4v) is 2.51. The Balaban J connectivity index is 1.78. The maximum absolute atomic E-state index is 5.64. The molecule has 5 nitrogen and oxygen atoms in total. The van der Waals surface area contributed by atoms with E-state index in [4.69, 9.17) is 9.47 Å². The largest absolute Gasteiger partial charge is 0.376 e. The van der Waals surface area contributed by atoms with Crippen molar-refractivity contribution in [2.24, 2.45) is 0 Å². The predicted molar refractivity (Wildman–Crippen MR) is 75.3 cm³/mol. The van der Waals surface area contributed by atoms with Crippen molar-refractivity contribution < 1.29 is 9.47 Å². The highest BCUT2D eigenvalue weighted by atomic mass is 32.2. The molecule has 106 valence electrons. The molecule has 0 bridgehead atoms. The summed E-state index contributed by atoms with van der Waals surface area (Å²) in [4.78, 5) is 10.9. The summed E-state index contributed by atoms with van der Waals surface area (Å²) in [5.41, 5.74) is 1.12. The highest BCUT2D eigenvalue weighted by Gasteiger charge is 2.16. The van der Waals surface area contributed by atoms with E-state index in [0.717, 1.165) is 29.6 Å². The van der Waals surface area contributed by atoms with Crippen LogP contribution in [-0.4, -0.2) is 60.1 Å². The van der Waals surface area contributed by atoms with Crippen molar-refractivity contribution in [2.45, 2.75) is 24.7 Å². The van der Waals surface area contributed by atoms with E-state index >= 15 is 0 Å². The molecule has 0 N–H and O–H groups in total. The van der Waals surface area contributed by atoms with E-state index in [1.807, 2.05) is 12.4 Å². The van der Waals surface area contributed by atoms with Crippen molar-refractivity contribution in [2.75, 3.05) is 39.2 Å². The maximum Gasteiger partial charge on any atom is 0.187 e. The number of rotatable bonds is 6. The third kappa shape index (κ3) is 5.06. The zero-order valence-corrected chi connectivity index (χ0v) is 12.4. The van der Waals surface area contributed by atoms with Gasteiger partial charge in [0, 0.05) is 31.0 Å². The second kappa shape index (κ2) is 7.79. The van der Waals surface area contributed by atoms with Gasteiger partial charge in [0.1, 0.15) is 0 Å². The van der Waals surface area contributed by atoms with Crippen molar-refractivity contribution in [3.8, 4) is 0 Å². The van der Waals surface area contributed by atoms with E-state index in [1.165, 1.54) is 0 Å². The molecule has 1 atom stereocenters. The Morgan fingerprint density at radius 1 is 1.37 bits per heavy atom. The molecule has 0 aliphatic carbocycles. The van der Waals surface area contributed by atoms with Gasteiger partial charge in [0.05, 0.1) is 25.9 Å². The molecule has 1 fully saturated rings. The van der Waals surface area contributed by atoms with Gasteiger partial charge in [0.2, 0.25) is 0 Å². The van der Waals surface area contributed by atoms with Gasteiger partial charge in [-0.3, -0.25) is 4.90 Å². The van der Waals surface area contributed by atoms with Crippen LogP contribution in [0, 0.1) is 0 Å². The minimum absolute atomic E-state index is 0.176. The Hall–Kier alpha value is -0.690. The minimum Gasteiger partial charge on any atom is -0.376 e. The molecule has 0 aromatic carbocycles. The van der Waals surface area contributed by atoms with E-state index in [2.05, 4.69) is 28.8 Å². The zero-order valence-electron chi connectivity index (χ0n) is 11.5. The number of likely N-dealkylation sites (N-methyl/N-ethyl adjacent to an activating group) is 1. The SMILES string of the molecule is CCSc1ncc(CN(C)C[C@H]2COCCO2)cn1. The van der Waals surface area contributed by atoms with Crippen LogP contribution in [0.1, 0.15) is 12.5 Å². The Labute approximate surface area is 118 Å². The third-order valence-electron chi connectivity index (χ3n) is 2.81. The summed E-state index contributed by atoms with van der Waals surface area (Å²) in [6.45, 7) is 5.90. The number of aromatic nitrogens is 2. The van der Waals surface area contributed by atoms with Crippen LogP contribution >= 0.6 is 11.8 Å². The highest BCUT2D eigenvalue weighted by molar-refractivity contribution is 7.99. The molecular formula is C13H21N3O2S. The minimum atomic E-state index is 0.176. The monoisotopic (exact) mass is 283 g/mol. The van der Waals surface area contributed by atoms with Crippen LogP contribution < -0.4 is 0 Å². The number of hydrogen-bond acceptors (Lipinski definition) is 6. The summed E-state index contributed by atoms with van der Waals surface area (Å²) in [7, 11) is 2.08. The molecule has 1 aromatic heterocycles. The maximum atomic E-state index is 5.64. The van der Waals surface area contributed by atoms with Crippen LogP contribution in [0.5, 0.6) is 0 Å². The van der Waals surface area contributed by atoms with Crippen LogP contribution in [0.15, 0.2) is 17.6 Å². The van der Waals surface area contributed by atoms with Gasteiger partial charge in [0.25, 0.3) is 0 Å². The van der Waals surface area contributed by atoms with Gasteiger partial charge in [-0.15, -0.1) is 0 Å². The van der Waals surface area contributed by atoms with Crippen molar-refractivity contribution >= 4 is 11.8 Å². The lowest BCUT2D eigenvalue weighted by Crippen LogP contribution is -2.38. The van der Waals surface area contributed by atoms with Crippen LogP contribution in [0.2, 0.25) is 0 Å². The van der Waals surface area contributed by atoms with E-state index in [0.29, 0.717) is 19.8 Å². The van der Waals surface area contributed by atoms with E-state index in [9.17, 15) is 0 Å². The quantitative estimate of drug-likeness (QED) is 0.581. The molecule has 1 aliphatic rings. The van der Waals surface area contributed by atoms with Crippen LogP contribution in [0.25, 0.3) is 0 Å². The normalized spacial score (nSPS) is 19.8. The lowest BCUT2D eigenvalue weighted by molar-refractivity contribution is -0.0963. The number of ether oxygens (including phenoxy) is 2. The summed E-state index contributed by atoms with van der Waals surface area (Å²) < 4.78 is 11.0. The summed E-state index contributed by atoms with van der Waals surface area (Å²) >= 11 is 1.66. The molecule has 2 rings (SSSR count). The van der Waals surface area contributed by atoms with E-state index < -0.39 is 0 Å². The fraction of sp³-hybridized carbons (Fsp3) is 0.692. The Morgan fingerprint density at radius 3 is 2.79 bits per heavy atom. The molecule has 0 spiro atoms. The standard InChI is InChI=1S/C13H21N3O2S/c1-3-19-13-14-6-11(7-15-13)8-16(2)9-12-10-17-4-5-18-12/h6-7,12H,3-5,8-10H2,1-2H3/t12-/m0/s1. The average Bonchev–Trinajstić information content (AvgIpc) is 2.42. The Kier molecular flexibility index (Phi) is 6.03. The molecule has 6 heteroatoms. The molecule has 0 saturated carbocycles. The van der Waals surface area contributed by atoms with Crippen LogP contribution in [0.3, 0.4) is 0 Å². The van der Waals surface area contributed by atoms with E-state index in [1.54, 1.807) is 11.8 Å². The summed E-state index contributed by atoms with van der Waals surface area (Å²) in [6.07, 6.45) is 3.98. The van der Waals surface area contributed by atoms with Crippen molar-refractivity contribution in [1.82, 2.24) is 14.9 Å². The molecule has 0 radical (unpaired) electrons. The third-order valence-corrected chi connectivity index (χ3v) is 3.57. The molecule has 2 heterocycles. The highest BCUT2D eigenvalue weighted by Crippen LogP contribution is 2.12. The summed E-state index contributed by atoms with van der Waals surface area (Å²) in [5.74, 6) is 0.998. The second-order valence-electron chi connectivity index (χ2n) is 4.57. The molecule has 1 aromatic rings. The molecule has 1 saturated heterocycles. The summed E-state index contributed by atoms with van der Waals surface area (Å²) in [5, 5.41) is 0.845. The first-order valence-electron chi connectivity index (χ1n) is 6.59. The smallest absolute Gasteiger partial charge is 0.187 e. The lowest BCUT2D eigenvalue weighted by atomic mass is 10.3. The van der Waals surface area contributed by atoms with Gasteiger partial charge in [-0.1, -0.05) is 18.7 Å². The van der Waals surface area contributed by atoms with Gasteiger partial charge in [-0.2, -0.15) is 0 Å².